The molecule has 7 nitrogen and oxygen atoms in total. The van der Waals surface area contributed by atoms with Gasteiger partial charge in [0, 0.05) is 18.7 Å². The lowest BCUT2D eigenvalue weighted by molar-refractivity contribution is -0.117. The maximum atomic E-state index is 12.7. The summed E-state index contributed by atoms with van der Waals surface area (Å²) in [5.74, 6) is 1.34. The first-order chi connectivity index (χ1) is 13.4. The van der Waals surface area contributed by atoms with Gasteiger partial charge in [-0.1, -0.05) is 12.1 Å². The van der Waals surface area contributed by atoms with Crippen molar-refractivity contribution in [1.29, 1.82) is 0 Å². The quantitative estimate of drug-likeness (QED) is 0.829. The molecule has 0 radical (unpaired) electrons. The molecular weight excluding hydrogens is 380 g/mol. The lowest BCUT2D eigenvalue weighted by Crippen LogP contribution is -2.40. The zero-order valence-corrected chi connectivity index (χ0v) is 16.4. The summed E-state index contributed by atoms with van der Waals surface area (Å²) in [6.07, 6.45) is 0.951. The Bertz CT molecular complexity index is 1010. The SMILES string of the molecule is Cc1cc(S(=O)(=O)NC[C@@H]2COc3ccccc3O2)ccc1N1CCCC1=O. The summed E-state index contributed by atoms with van der Waals surface area (Å²) in [4.78, 5) is 13.8. The minimum absolute atomic E-state index is 0.0755. The molecule has 2 aromatic rings. The van der Waals surface area contributed by atoms with Gasteiger partial charge in [-0.15, -0.1) is 0 Å². The number of para-hydroxylation sites is 2. The Morgan fingerprint density at radius 2 is 1.96 bits per heavy atom. The van der Waals surface area contributed by atoms with Gasteiger partial charge in [-0.2, -0.15) is 0 Å². The molecule has 1 fully saturated rings. The number of carbonyl (C=O) groups excluding carboxylic acids is 1. The van der Waals surface area contributed by atoms with Gasteiger partial charge >= 0.3 is 0 Å². The standard InChI is InChI=1S/C20H22N2O5S/c1-14-11-16(8-9-17(14)22-10-4-7-20(22)23)28(24,25)21-12-15-13-26-18-5-2-3-6-19(18)27-15/h2-3,5-6,8-9,11,15,21H,4,7,10,12-13H2,1H3/t15-/m1/s1. The molecule has 1 atom stereocenters. The summed E-state index contributed by atoms with van der Waals surface area (Å²) in [5.41, 5.74) is 1.52. The molecule has 8 heteroatoms. The molecule has 2 aromatic carbocycles. The molecule has 1 saturated heterocycles. The Hall–Kier alpha value is -2.58. The van der Waals surface area contributed by atoms with E-state index < -0.39 is 16.1 Å². The third-order valence-corrected chi connectivity index (χ3v) is 6.33. The van der Waals surface area contributed by atoms with E-state index in [9.17, 15) is 13.2 Å². The normalized spacial score (nSPS) is 19.1. The van der Waals surface area contributed by atoms with Crippen molar-refractivity contribution >= 4 is 21.6 Å². The molecule has 1 amide bonds. The molecule has 2 aliphatic rings. The lowest BCUT2D eigenvalue weighted by atomic mass is 10.2. The Morgan fingerprint density at radius 3 is 2.68 bits per heavy atom. The van der Waals surface area contributed by atoms with Gasteiger partial charge in [0.25, 0.3) is 0 Å². The van der Waals surface area contributed by atoms with E-state index in [0.29, 0.717) is 24.5 Å². The predicted molar refractivity (Wildman–Crippen MR) is 104 cm³/mol. The highest BCUT2D eigenvalue weighted by atomic mass is 32.2. The van der Waals surface area contributed by atoms with Crippen LogP contribution in [0.1, 0.15) is 18.4 Å². The number of nitrogens with one attached hydrogen (secondary N) is 1. The van der Waals surface area contributed by atoms with Crippen molar-refractivity contribution in [2.75, 3.05) is 24.6 Å². The Labute approximate surface area is 164 Å². The van der Waals surface area contributed by atoms with Crippen LogP contribution in [0.15, 0.2) is 47.4 Å². The predicted octanol–water partition coefficient (Wildman–Crippen LogP) is 2.24. The van der Waals surface area contributed by atoms with Crippen molar-refractivity contribution in [2.45, 2.75) is 30.8 Å². The van der Waals surface area contributed by atoms with E-state index in [1.165, 1.54) is 6.07 Å². The van der Waals surface area contributed by atoms with Crippen molar-refractivity contribution in [3.63, 3.8) is 0 Å². The van der Waals surface area contributed by atoms with E-state index >= 15 is 0 Å². The molecule has 2 aliphatic heterocycles. The Balaban J connectivity index is 1.44. The third-order valence-electron chi connectivity index (χ3n) is 4.91. The minimum atomic E-state index is -3.70. The third kappa shape index (κ3) is 3.70. The van der Waals surface area contributed by atoms with Crippen molar-refractivity contribution in [3.05, 3.63) is 48.0 Å². The maximum absolute atomic E-state index is 12.7. The Kier molecular flexibility index (Phi) is 4.99. The number of benzene rings is 2. The summed E-state index contributed by atoms with van der Waals surface area (Å²) in [7, 11) is -3.70. The average Bonchev–Trinajstić information content (AvgIpc) is 3.12. The topological polar surface area (TPSA) is 84.9 Å². The number of nitrogens with zero attached hydrogens (tertiary/aromatic N) is 1. The minimum Gasteiger partial charge on any atom is -0.486 e. The lowest BCUT2D eigenvalue weighted by Gasteiger charge is -2.26. The number of ether oxygens (including phenoxy) is 2. The highest BCUT2D eigenvalue weighted by Crippen LogP contribution is 2.31. The second-order valence-electron chi connectivity index (χ2n) is 6.95. The van der Waals surface area contributed by atoms with Gasteiger partial charge in [-0.05, 0) is 49.2 Å². The molecule has 4 rings (SSSR count). The van der Waals surface area contributed by atoms with Gasteiger partial charge < -0.3 is 14.4 Å². The molecule has 28 heavy (non-hydrogen) atoms. The van der Waals surface area contributed by atoms with Gasteiger partial charge in [0.2, 0.25) is 15.9 Å². The number of carbonyl (C=O) groups is 1. The number of amides is 1. The van der Waals surface area contributed by atoms with Crippen LogP contribution in [0.2, 0.25) is 0 Å². The first kappa shape index (κ1) is 18.8. The van der Waals surface area contributed by atoms with Crippen LogP contribution in [0.3, 0.4) is 0 Å². The number of rotatable bonds is 5. The average molecular weight is 402 g/mol. The number of fused-ring (bicyclic) bond motifs is 1. The van der Waals surface area contributed by atoms with E-state index in [1.54, 1.807) is 23.1 Å². The molecule has 2 heterocycles. The number of aryl methyl sites for hydroxylation is 1. The molecule has 148 valence electrons. The summed E-state index contributed by atoms with van der Waals surface area (Å²) in [6.45, 7) is 2.86. The van der Waals surface area contributed by atoms with Crippen LogP contribution in [0.5, 0.6) is 11.5 Å². The van der Waals surface area contributed by atoms with Crippen molar-refractivity contribution in [1.82, 2.24) is 4.72 Å². The summed E-state index contributed by atoms with van der Waals surface area (Å²) in [5, 5.41) is 0. The van der Waals surface area contributed by atoms with Gasteiger partial charge in [-0.25, -0.2) is 13.1 Å². The van der Waals surface area contributed by atoms with Gasteiger partial charge in [0.15, 0.2) is 11.5 Å². The van der Waals surface area contributed by atoms with E-state index in [-0.39, 0.29) is 24.0 Å². The highest BCUT2D eigenvalue weighted by molar-refractivity contribution is 7.89. The first-order valence-electron chi connectivity index (χ1n) is 9.23. The van der Waals surface area contributed by atoms with Crippen molar-refractivity contribution in [2.24, 2.45) is 0 Å². The Morgan fingerprint density at radius 1 is 1.18 bits per heavy atom. The molecule has 0 spiro atoms. The van der Waals surface area contributed by atoms with Crippen LogP contribution >= 0.6 is 0 Å². The molecule has 0 unspecified atom stereocenters. The molecular formula is C20H22N2O5S. The van der Waals surface area contributed by atoms with E-state index in [4.69, 9.17) is 9.47 Å². The molecule has 1 N–H and O–H groups in total. The van der Waals surface area contributed by atoms with Crippen LogP contribution in [-0.2, 0) is 14.8 Å². The maximum Gasteiger partial charge on any atom is 0.240 e. The molecule has 0 aliphatic carbocycles. The summed E-state index contributed by atoms with van der Waals surface area (Å²) in [6, 6.07) is 12.1. The summed E-state index contributed by atoms with van der Waals surface area (Å²) >= 11 is 0. The van der Waals surface area contributed by atoms with E-state index in [2.05, 4.69) is 4.72 Å². The smallest absolute Gasteiger partial charge is 0.240 e. The molecule has 0 saturated carbocycles. The van der Waals surface area contributed by atoms with Crippen LogP contribution < -0.4 is 19.1 Å². The monoisotopic (exact) mass is 402 g/mol. The number of sulfonamides is 1. The fourth-order valence-corrected chi connectivity index (χ4v) is 4.60. The van der Waals surface area contributed by atoms with Crippen LogP contribution in [0.25, 0.3) is 0 Å². The van der Waals surface area contributed by atoms with E-state index in [0.717, 1.165) is 17.7 Å². The second kappa shape index (κ2) is 7.44. The van der Waals surface area contributed by atoms with Gasteiger partial charge in [-0.3, -0.25) is 4.79 Å². The second-order valence-corrected chi connectivity index (χ2v) is 8.71. The fourth-order valence-electron chi connectivity index (χ4n) is 3.45. The van der Waals surface area contributed by atoms with Crippen LogP contribution in [-0.4, -0.2) is 40.1 Å². The number of hydrogen-bond donors (Lipinski definition) is 1. The van der Waals surface area contributed by atoms with Crippen LogP contribution in [0.4, 0.5) is 5.69 Å². The van der Waals surface area contributed by atoms with E-state index in [1.807, 2.05) is 25.1 Å². The fraction of sp³-hybridized carbons (Fsp3) is 0.350. The van der Waals surface area contributed by atoms with Gasteiger partial charge in [0.05, 0.1) is 11.4 Å². The molecule has 0 aromatic heterocycles. The zero-order chi connectivity index (χ0) is 19.7. The summed E-state index contributed by atoms with van der Waals surface area (Å²) < 4.78 is 39.4. The number of hydrogen-bond acceptors (Lipinski definition) is 5. The van der Waals surface area contributed by atoms with Crippen LogP contribution in [0, 0.1) is 6.92 Å². The van der Waals surface area contributed by atoms with Gasteiger partial charge in [0.1, 0.15) is 12.7 Å². The largest absolute Gasteiger partial charge is 0.486 e. The first-order valence-corrected chi connectivity index (χ1v) is 10.7. The van der Waals surface area contributed by atoms with Crippen molar-refractivity contribution < 1.29 is 22.7 Å². The molecule has 0 bridgehead atoms. The zero-order valence-electron chi connectivity index (χ0n) is 15.6. The number of anilines is 1. The van der Waals surface area contributed by atoms with Crippen molar-refractivity contribution in [3.8, 4) is 11.5 Å². The highest BCUT2D eigenvalue weighted by Gasteiger charge is 2.26.